The van der Waals surface area contributed by atoms with Gasteiger partial charge in [-0.25, -0.2) is 13.6 Å². The van der Waals surface area contributed by atoms with Crippen LogP contribution in [0.15, 0.2) is 54.9 Å². The van der Waals surface area contributed by atoms with Crippen LogP contribution in [0.4, 0.5) is 19.3 Å². The number of aromatic nitrogens is 2. The van der Waals surface area contributed by atoms with Gasteiger partial charge in [0.15, 0.2) is 0 Å². The summed E-state index contributed by atoms with van der Waals surface area (Å²) in [5.74, 6) is -1.35. The molecule has 0 aliphatic carbocycles. The van der Waals surface area contributed by atoms with Gasteiger partial charge in [0, 0.05) is 44.1 Å². The molecule has 0 unspecified atom stereocenters. The van der Waals surface area contributed by atoms with E-state index in [0.717, 1.165) is 6.07 Å². The number of urea groups is 1. The fraction of sp³-hybridized carbons (Fsp3) is 0.261. The van der Waals surface area contributed by atoms with E-state index < -0.39 is 11.6 Å². The first kappa shape index (κ1) is 21.5. The highest BCUT2D eigenvalue weighted by Crippen LogP contribution is 2.24. The number of anilines is 1. The molecule has 1 aromatic heterocycles. The minimum Gasteiger partial charge on any atom is -0.338 e. The number of likely N-dealkylation sites (tertiary alicyclic amines) is 1. The van der Waals surface area contributed by atoms with Crippen molar-refractivity contribution in [3.63, 3.8) is 0 Å². The lowest BCUT2D eigenvalue weighted by molar-refractivity contribution is 0.0671. The molecular weight excluding hydrogens is 416 g/mol. The molecular formula is C23H23F2N5O2. The minimum atomic E-state index is -0.642. The van der Waals surface area contributed by atoms with E-state index in [1.165, 1.54) is 18.3 Å². The van der Waals surface area contributed by atoms with Crippen molar-refractivity contribution in [1.82, 2.24) is 20.0 Å². The van der Waals surface area contributed by atoms with E-state index in [1.54, 1.807) is 47.3 Å². The molecule has 0 saturated carbocycles. The number of nitrogens with one attached hydrogen (secondary N) is 2. The van der Waals surface area contributed by atoms with Crippen LogP contribution in [0, 0.1) is 11.6 Å². The second-order valence-electron chi connectivity index (χ2n) is 7.79. The Morgan fingerprint density at radius 3 is 2.31 bits per heavy atom. The van der Waals surface area contributed by atoms with E-state index in [9.17, 15) is 18.4 Å². The lowest BCUT2D eigenvalue weighted by atomic mass is 10.0. The third-order valence-electron chi connectivity index (χ3n) is 5.70. The Kier molecular flexibility index (Phi) is 6.16. The molecule has 3 amide bonds. The van der Waals surface area contributed by atoms with Crippen LogP contribution < -0.4 is 5.32 Å². The number of carbonyl (C=O) groups is 2. The van der Waals surface area contributed by atoms with E-state index >= 15 is 0 Å². The number of carbonyl (C=O) groups excluding carboxylic acids is 2. The van der Waals surface area contributed by atoms with Gasteiger partial charge in [-0.2, -0.15) is 5.10 Å². The Balaban J connectivity index is 1.32. The smallest absolute Gasteiger partial charge is 0.321 e. The first-order valence-corrected chi connectivity index (χ1v) is 10.3. The van der Waals surface area contributed by atoms with Crippen LogP contribution in [0.5, 0.6) is 0 Å². The minimum absolute atomic E-state index is 0.0120. The van der Waals surface area contributed by atoms with Crippen LogP contribution in [-0.4, -0.2) is 58.1 Å². The van der Waals surface area contributed by atoms with Crippen LogP contribution >= 0.6 is 0 Å². The fourth-order valence-corrected chi connectivity index (χ4v) is 3.85. The molecule has 4 rings (SSSR count). The number of hydrogen-bond donors (Lipinski definition) is 2. The van der Waals surface area contributed by atoms with Crippen molar-refractivity contribution in [2.24, 2.45) is 0 Å². The standard InChI is InChI=1S/C23H23F2N5O2/c1-29(21-6-8-30(9-7-21)22(31)17-13-26-27-14-17)23(32)28-20-4-2-15(3-5-20)16-10-18(24)12-19(25)11-16/h2-5,10-14,21H,6-9H2,1H3,(H,26,27)(H,28,32). The molecule has 1 aliphatic heterocycles. The number of H-pyrrole nitrogens is 1. The van der Waals surface area contributed by atoms with E-state index in [0.29, 0.717) is 48.3 Å². The summed E-state index contributed by atoms with van der Waals surface area (Å²) in [7, 11) is 1.73. The predicted molar refractivity (Wildman–Crippen MR) is 116 cm³/mol. The molecule has 2 N–H and O–H groups in total. The number of halogens is 2. The number of amides is 3. The summed E-state index contributed by atoms with van der Waals surface area (Å²) in [4.78, 5) is 28.5. The summed E-state index contributed by atoms with van der Waals surface area (Å²) in [5.41, 5.74) is 2.17. The highest BCUT2D eigenvalue weighted by atomic mass is 19.1. The van der Waals surface area contributed by atoms with Gasteiger partial charge in [0.1, 0.15) is 11.6 Å². The van der Waals surface area contributed by atoms with Gasteiger partial charge in [-0.15, -0.1) is 0 Å². The average Bonchev–Trinajstić information content (AvgIpc) is 3.33. The van der Waals surface area contributed by atoms with Gasteiger partial charge in [0.2, 0.25) is 0 Å². The molecule has 0 radical (unpaired) electrons. The number of rotatable bonds is 4. The lowest BCUT2D eigenvalue weighted by Gasteiger charge is -2.36. The van der Waals surface area contributed by atoms with Crippen LogP contribution in [0.3, 0.4) is 0 Å². The largest absolute Gasteiger partial charge is 0.338 e. The van der Waals surface area contributed by atoms with Crippen molar-refractivity contribution in [3.05, 3.63) is 72.1 Å². The Morgan fingerprint density at radius 2 is 1.72 bits per heavy atom. The van der Waals surface area contributed by atoms with E-state index in [-0.39, 0.29) is 18.0 Å². The average molecular weight is 439 g/mol. The second kappa shape index (κ2) is 9.17. The number of benzene rings is 2. The van der Waals surface area contributed by atoms with Crippen molar-refractivity contribution in [3.8, 4) is 11.1 Å². The lowest BCUT2D eigenvalue weighted by Crippen LogP contribution is -2.48. The maximum Gasteiger partial charge on any atom is 0.321 e. The number of nitrogens with zero attached hydrogens (tertiary/aromatic N) is 3. The molecule has 32 heavy (non-hydrogen) atoms. The van der Waals surface area contributed by atoms with Gasteiger partial charge in [-0.1, -0.05) is 12.1 Å². The maximum atomic E-state index is 13.4. The van der Waals surface area contributed by atoms with Gasteiger partial charge >= 0.3 is 6.03 Å². The van der Waals surface area contributed by atoms with Crippen LogP contribution in [0.2, 0.25) is 0 Å². The van der Waals surface area contributed by atoms with Gasteiger partial charge in [-0.3, -0.25) is 9.89 Å². The quantitative estimate of drug-likeness (QED) is 0.642. The molecule has 1 aliphatic rings. The van der Waals surface area contributed by atoms with Gasteiger partial charge in [0.25, 0.3) is 5.91 Å². The molecule has 1 fully saturated rings. The molecule has 0 atom stereocenters. The number of aromatic amines is 1. The summed E-state index contributed by atoms with van der Waals surface area (Å²) in [6.45, 7) is 1.12. The maximum absolute atomic E-state index is 13.4. The molecule has 2 heterocycles. The highest BCUT2D eigenvalue weighted by Gasteiger charge is 2.28. The number of piperidine rings is 1. The summed E-state index contributed by atoms with van der Waals surface area (Å²) in [6, 6.07) is 9.88. The van der Waals surface area contributed by atoms with Crippen molar-refractivity contribution in [2.45, 2.75) is 18.9 Å². The number of hydrogen-bond acceptors (Lipinski definition) is 3. The van der Waals surface area contributed by atoms with Crippen LogP contribution in [0.1, 0.15) is 23.2 Å². The SMILES string of the molecule is CN(C(=O)Nc1ccc(-c2cc(F)cc(F)c2)cc1)C1CCN(C(=O)c2cn[nH]c2)CC1. The van der Waals surface area contributed by atoms with Crippen molar-refractivity contribution < 1.29 is 18.4 Å². The van der Waals surface area contributed by atoms with E-state index in [2.05, 4.69) is 15.5 Å². The van der Waals surface area contributed by atoms with Crippen LogP contribution in [0.25, 0.3) is 11.1 Å². The Labute approximate surface area is 184 Å². The van der Waals surface area contributed by atoms with Crippen LogP contribution in [-0.2, 0) is 0 Å². The topological polar surface area (TPSA) is 81.3 Å². The summed E-state index contributed by atoms with van der Waals surface area (Å²) < 4.78 is 26.9. The van der Waals surface area contributed by atoms with Gasteiger partial charge < -0.3 is 15.1 Å². The third-order valence-corrected chi connectivity index (χ3v) is 5.70. The zero-order valence-electron chi connectivity index (χ0n) is 17.5. The normalized spacial score (nSPS) is 14.3. The fourth-order valence-electron chi connectivity index (χ4n) is 3.85. The molecule has 9 heteroatoms. The molecule has 0 bridgehead atoms. The first-order valence-electron chi connectivity index (χ1n) is 10.3. The molecule has 3 aromatic rings. The van der Waals surface area contributed by atoms with Crippen molar-refractivity contribution in [2.75, 3.05) is 25.5 Å². The Hall–Kier alpha value is -3.75. The van der Waals surface area contributed by atoms with E-state index in [4.69, 9.17) is 0 Å². The molecule has 2 aromatic carbocycles. The van der Waals surface area contributed by atoms with Crippen molar-refractivity contribution in [1.29, 1.82) is 0 Å². The highest BCUT2D eigenvalue weighted by molar-refractivity contribution is 5.94. The molecule has 166 valence electrons. The Morgan fingerprint density at radius 1 is 1.06 bits per heavy atom. The summed E-state index contributed by atoms with van der Waals surface area (Å²) >= 11 is 0. The van der Waals surface area contributed by atoms with Gasteiger partial charge in [-0.05, 0) is 48.2 Å². The predicted octanol–water partition coefficient (Wildman–Crippen LogP) is 4.12. The zero-order chi connectivity index (χ0) is 22.7. The molecule has 0 spiro atoms. The summed E-state index contributed by atoms with van der Waals surface area (Å²) in [5, 5.41) is 9.29. The molecule has 7 nitrogen and oxygen atoms in total. The summed E-state index contributed by atoms with van der Waals surface area (Å²) in [6.07, 6.45) is 4.43. The first-order chi connectivity index (χ1) is 15.4. The third kappa shape index (κ3) is 4.77. The van der Waals surface area contributed by atoms with Gasteiger partial charge in [0.05, 0.1) is 11.8 Å². The van der Waals surface area contributed by atoms with E-state index in [1.807, 2.05) is 0 Å². The molecule has 1 saturated heterocycles. The monoisotopic (exact) mass is 439 g/mol. The zero-order valence-corrected chi connectivity index (χ0v) is 17.5. The second-order valence-corrected chi connectivity index (χ2v) is 7.79. The Bertz CT molecular complexity index is 1070. The van der Waals surface area contributed by atoms with Crippen molar-refractivity contribution >= 4 is 17.6 Å².